The van der Waals surface area contributed by atoms with Crippen molar-refractivity contribution in [3.05, 3.63) is 70.7 Å². The van der Waals surface area contributed by atoms with Crippen LogP contribution in [-0.2, 0) is 0 Å². The highest BCUT2D eigenvalue weighted by Crippen LogP contribution is 2.46. The van der Waals surface area contributed by atoms with E-state index in [1.54, 1.807) is 27.7 Å². The van der Waals surface area contributed by atoms with Crippen LogP contribution in [0.3, 0.4) is 0 Å². The summed E-state index contributed by atoms with van der Waals surface area (Å²) in [4.78, 5) is 26.9. The van der Waals surface area contributed by atoms with E-state index < -0.39 is 0 Å². The molecule has 0 aliphatic rings. The number of rotatable bonds is 4. The molecule has 0 saturated carbocycles. The molecule has 0 bridgehead atoms. The van der Waals surface area contributed by atoms with Crippen molar-refractivity contribution in [1.82, 2.24) is 29.9 Å². The predicted molar refractivity (Wildman–Crippen MR) is 155 cm³/mol. The minimum atomic E-state index is -0.229. The van der Waals surface area contributed by atoms with Crippen LogP contribution in [0.2, 0.25) is 0 Å². The number of nitrogens with zero attached hydrogens (tertiary/aromatic N) is 6. The summed E-state index contributed by atoms with van der Waals surface area (Å²) in [7, 11) is 0. The fraction of sp³-hybridized carbons (Fsp3) is 0.312. The molecule has 0 N–H and O–H groups in total. The highest BCUT2D eigenvalue weighted by Gasteiger charge is 2.23. The molecule has 6 heteroatoms. The molecule has 2 heterocycles. The second-order valence-corrected chi connectivity index (χ2v) is 10.4. The monoisotopic (exact) mass is 506 g/mol. The van der Waals surface area contributed by atoms with Gasteiger partial charge in [-0.1, -0.05) is 51.9 Å². The molecule has 0 saturated heterocycles. The van der Waals surface area contributed by atoms with Crippen LogP contribution < -0.4 is 0 Å². The fourth-order valence-corrected chi connectivity index (χ4v) is 5.20. The van der Waals surface area contributed by atoms with Crippen LogP contribution in [0.1, 0.15) is 82.2 Å². The predicted octanol–water partition coefficient (Wildman–Crippen LogP) is 7.77. The van der Waals surface area contributed by atoms with Gasteiger partial charge >= 0.3 is 0 Å². The van der Waals surface area contributed by atoms with Gasteiger partial charge in [-0.25, -0.2) is 29.9 Å². The summed E-state index contributed by atoms with van der Waals surface area (Å²) in [5.74, 6) is 1.82. The molecular formula is C32H32N6. The number of hydrogen-bond donors (Lipinski definition) is 0. The third-order valence-electron chi connectivity index (χ3n) is 6.75. The van der Waals surface area contributed by atoms with Gasteiger partial charge in [-0.05, 0) is 95.1 Å². The maximum absolute atomic E-state index is 9.43. The zero-order chi connectivity index (χ0) is 32.1. The summed E-state index contributed by atoms with van der Waals surface area (Å²) in [6.07, 6.45) is 0. The molecule has 0 radical (unpaired) electrons. The highest BCUT2D eigenvalue weighted by molar-refractivity contribution is 6.28. The first-order chi connectivity index (χ1) is 20.6. The lowest BCUT2D eigenvalue weighted by Crippen LogP contribution is -2.03. The van der Waals surface area contributed by atoms with E-state index in [0.717, 1.165) is 0 Å². The molecular weight excluding hydrogens is 468 g/mol. The Kier molecular flexibility index (Phi) is 4.20. The van der Waals surface area contributed by atoms with Crippen LogP contribution in [-0.4, -0.2) is 29.9 Å². The summed E-state index contributed by atoms with van der Waals surface area (Å²) < 4.78 is 56.3. The largest absolute Gasteiger partial charge is 0.219 e. The average molecular weight is 507 g/mol. The van der Waals surface area contributed by atoms with E-state index in [2.05, 4.69) is 29.9 Å². The van der Waals surface area contributed by atoms with Crippen LogP contribution in [0.5, 0.6) is 0 Å². The van der Waals surface area contributed by atoms with E-state index in [4.69, 9.17) is 0 Å². The lowest BCUT2D eigenvalue weighted by molar-refractivity contribution is 0.874. The Labute approximate surface area is 231 Å². The van der Waals surface area contributed by atoms with Crippen molar-refractivity contribution in [2.45, 2.75) is 67.2 Å². The Balaban J connectivity index is 2.05. The normalized spacial score (nSPS) is 14.4. The van der Waals surface area contributed by atoms with E-state index >= 15 is 0 Å². The van der Waals surface area contributed by atoms with Crippen LogP contribution in [0.15, 0.2) is 36.3 Å². The van der Waals surface area contributed by atoms with Gasteiger partial charge in [0.2, 0.25) is 0 Å². The summed E-state index contributed by atoms with van der Waals surface area (Å²) >= 11 is 0. The van der Waals surface area contributed by atoms with E-state index in [-0.39, 0.29) is 70.5 Å². The molecule has 6 rings (SSSR count). The first kappa shape index (κ1) is 18.2. The molecule has 0 spiro atoms. The average Bonchev–Trinajstić information content (AvgIpc) is 2.91. The quantitative estimate of drug-likeness (QED) is 0.227. The van der Waals surface area contributed by atoms with Crippen molar-refractivity contribution in [3.63, 3.8) is 0 Å². The Morgan fingerprint density at radius 3 is 1.13 bits per heavy atom. The maximum atomic E-state index is 9.43. The second kappa shape index (κ2) is 8.76. The summed E-state index contributed by atoms with van der Waals surface area (Å²) in [5.41, 5.74) is 1.67. The topological polar surface area (TPSA) is 77.3 Å². The van der Waals surface area contributed by atoms with Gasteiger partial charge in [0, 0.05) is 11.1 Å². The number of aryl methyl sites for hydroxylation is 4. The third kappa shape index (κ3) is 3.78. The molecule has 6 aromatic rings. The van der Waals surface area contributed by atoms with Crippen molar-refractivity contribution >= 4 is 32.3 Å². The first-order valence-electron chi connectivity index (χ1n) is 15.8. The van der Waals surface area contributed by atoms with E-state index in [1.165, 1.54) is 0 Å². The summed E-state index contributed by atoms with van der Waals surface area (Å²) in [6, 6.07) is -0.397. The van der Waals surface area contributed by atoms with Crippen molar-refractivity contribution in [2.24, 2.45) is 0 Å². The van der Waals surface area contributed by atoms with E-state index in [0.29, 0.717) is 67.1 Å². The molecule has 190 valence electrons. The molecule has 38 heavy (non-hydrogen) atoms. The Morgan fingerprint density at radius 1 is 0.500 bits per heavy atom. The molecule has 2 aromatic heterocycles. The van der Waals surface area contributed by atoms with Gasteiger partial charge in [0.05, 0.1) is 8.22 Å². The molecule has 0 aliphatic carbocycles. The minimum absolute atomic E-state index is 0.0610. The Bertz CT molecular complexity index is 2000. The molecule has 0 aliphatic heterocycles. The Morgan fingerprint density at radius 2 is 0.816 bits per heavy atom. The van der Waals surface area contributed by atoms with Crippen LogP contribution in [0.25, 0.3) is 55.1 Å². The number of hydrogen-bond acceptors (Lipinski definition) is 6. The Hall–Kier alpha value is -4.06. The van der Waals surface area contributed by atoms with Gasteiger partial charge in [-0.2, -0.15) is 0 Å². The van der Waals surface area contributed by atoms with E-state index in [1.807, 2.05) is 27.7 Å². The standard InChI is InChI=1S/C32H32N6/c1-15(2)25-13-27(31-35-17(5)33-18(6)36-31)23-12-10-22-26(16(3)4)14-28(32-37-19(7)34-20(8)38-32)24-11-9-21(25)29(23)30(22)24/h9-16H,1-8H3/i9D,10D,11D,12D,13D,14D. The number of benzene rings is 4. The van der Waals surface area contributed by atoms with Gasteiger partial charge in [-0.15, -0.1) is 0 Å². The second-order valence-electron chi connectivity index (χ2n) is 10.4. The minimum Gasteiger partial charge on any atom is -0.219 e. The van der Waals surface area contributed by atoms with Crippen LogP contribution in [0, 0.1) is 27.7 Å². The lowest BCUT2D eigenvalue weighted by Gasteiger charge is -2.22. The van der Waals surface area contributed by atoms with Gasteiger partial charge < -0.3 is 0 Å². The van der Waals surface area contributed by atoms with Gasteiger partial charge in [0.1, 0.15) is 23.3 Å². The zero-order valence-corrected chi connectivity index (χ0v) is 22.8. The maximum Gasteiger partial charge on any atom is 0.163 e. The van der Waals surface area contributed by atoms with Crippen molar-refractivity contribution in [3.8, 4) is 22.8 Å². The zero-order valence-electron chi connectivity index (χ0n) is 28.8. The smallest absolute Gasteiger partial charge is 0.163 e. The van der Waals surface area contributed by atoms with Crippen molar-refractivity contribution in [2.75, 3.05) is 0 Å². The fourth-order valence-electron chi connectivity index (χ4n) is 5.20. The van der Waals surface area contributed by atoms with Crippen LogP contribution in [0.4, 0.5) is 0 Å². The molecule has 0 amide bonds. The highest BCUT2D eigenvalue weighted by atomic mass is 15.0. The van der Waals surface area contributed by atoms with Crippen molar-refractivity contribution < 1.29 is 8.22 Å². The summed E-state index contributed by atoms with van der Waals surface area (Å²) in [6.45, 7) is 14.7. The SMILES string of the molecule is [2H]c1c(-c2nc(C)nc(C)n2)c2c([2H])c([2H])c3c(C(C)C)c([2H])c(-c4nc(C)nc(C)n4)c4c([2H])c([2H])c(c1C(C)C)c2c43. The molecule has 6 nitrogen and oxygen atoms in total. The first-order valence-corrected chi connectivity index (χ1v) is 12.8. The van der Waals surface area contributed by atoms with Gasteiger partial charge in [-0.3, -0.25) is 0 Å². The van der Waals surface area contributed by atoms with Gasteiger partial charge in [0.25, 0.3) is 0 Å². The molecule has 0 fully saturated rings. The molecule has 0 unspecified atom stereocenters. The lowest BCUT2D eigenvalue weighted by atomic mass is 9.82. The third-order valence-corrected chi connectivity index (χ3v) is 6.75. The van der Waals surface area contributed by atoms with Crippen LogP contribution >= 0.6 is 0 Å². The molecule has 0 atom stereocenters. The van der Waals surface area contributed by atoms with Gasteiger partial charge in [0.15, 0.2) is 11.6 Å². The number of aromatic nitrogens is 6. The van der Waals surface area contributed by atoms with Crippen molar-refractivity contribution in [1.29, 1.82) is 0 Å². The molecule has 4 aromatic carbocycles. The summed E-state index contributed by atoms with van der Waals surface area (Å²) in [5, 5.41) is 2.32. The van der Waals surface area contributed by atoms with E-state index in [9.17, 15) is 8.22 Å².